The van der Waals surface area contributed by atoms with Gasteiger partial charge in [-0.3, -0.25) is 0 Å². The third-order valence-corrected chi connectivity index (χ3v) is 3.01. The molecule has 0 saturated carbocycles. The van der Waals surface area contributed by atoms with Crippen LogP contribution in [0.2, 0.25) is 0 Å². The van der Waals surface area contributed by atoms with Gasteiger partial charge in [0.15, 0.2) is 5.60 Å². The highest BCUT2D eigenvalue weighted by Gasteiger charge is 2.56. The minimum atomic E-state index is -4.05. The molecule has 21 heavy (non-hydrogen) atoms. The van der Waals surface area contributed by atoms with E-state index in [-0.39, 0.29) is 10.4 Å². The van der Waals surface area contributed by atoms with Gasteiger partial charge in [0, 0.05) is 13.3 Å². The summed E-state index contributed by atoms with van der Waals surface area (Å²) in [6.07, 6.45) is -0.789. The summed E-state index contributed by atoms with van der Waals surface area (Å²) in [7, 11) is 1.08. The number of rotatable bonds is 7. The molecule has 1 heterocycles. The van der Waals surface area contributed by atoms with Crippen molar-refractivity contribution in [2.45, 2.75) is 24.7 Å². The molecule has 1 aromatic heterocycles. The van der Waals surface area contributed by atoms with E-state index in [9.17, 15) is 18.7 Å². The molecule has 2 atom stereocenters. The van der Waals surface area contributed by atoms with Crippen LogP contribution in [0.15, 0.2) is 17.1 Å². The molecule has 4 N–H and O–H groups in total. The number of nitrogens with zero attached hydrogens (tertiary/aromatic N) is 2. The van der Waals surface area contributed by atoms with Crippen molar-refractivity contribution in [1.29, 1.82) is 0 Å². The van der Waals surface area contributed by atoms with Gasteiger partial charge in [-0.2, -0.15) is 13.8 Å². The summed E-state index contributed by atoms with van der Waals surface area (Å²) in [4.78, 5) is 14.7. The number of hydrogen-bond donors (Lipinski definition) is 3. The minimum Gasteiger partial charge on any atom is -0.383 e. The van der Waals surface area contributed by atoms with Crippen molar-refractivity contribution in [2.24, 2.45) is 0 Å². The number of ether oxygens (including phenoxy) is 2. The molecule has 0 spiro atoms. The van der Waals surface area contributed by atoms with Crippen LogP contribution in [0.1, 0.15) is 6.92 Å². The van der Waals surface area contributed by atoms with E-state index < -0.39 is 36.8 Å². The van der Waals surface area contributed by atoms with Crippen LogP contribution in [-0.2, 0) is 15.5 Å². The van der Waals surface area contributed by atoms with Crippen LogP contribution in [0.5, 0.6) is 0 Å². The third-order valence-electron chi connectivity index (χ3n) is 3.01. The summed E-state index contributed by atoms with van der Waals surface area (Å²) < 4.78 is 38.1. The van der Waals surface area contributed by atoms with Crippen molar-refractivity contribution in [3.8, 4) is 0 Å². The van der Waals surface area contributed by atoms with Crippen LogP contribution >= 0.6 is 0 Å². The van der Waals surface area contributed by atoms with Gasteiger partial charge in [-0.25, -0.2) is 9.36 Å². The van der Waals surface area contributed by atoms with E-state index in [0.717, 1.165) is 26.3 Å². The smallest absolute Gasteiger partial charge is 0.363 e. The Labute approximate surface area is 118 Å². The number of anilines is 1. The van der Waals surface area contributed by atoms with E-state index >= 15 is 0 Å². The van der Waals surface area contributed by atoms with Crippen LogP contribution in [0.25, 0.3) is 0 Å². The van der Waals surface area contributed by atoms with Gasteiger partial charge in [-0.15, -0.1) is 0 Å². The molecule has 0 aliphatic rings. The first-order valence-corrected chi connectivity index (χ1v) is 5.85. The maximum absolute atomic E-state index is 14.4. The summed E-state index contributed by atoms with van der Waals surface area (Å²) in [6, 6.07) is -3.05. The number of methoxy groups -OCH3 is 1. The fraction of sp³-hybridized carbons (Fsp3) is 0.636. The molecule has 1 rings (SSSR count). The summed E-state index contributed by atoms with van der Waals surface area (Å²) in [5, 5.41) is 18.7. The van der Waals surface area contributed by atoms with Crippen molar-refractivity contribution < 1.29 is 28.5 Å². The number of aromatic nitrogens is 2. The standard InChI is InChI=1S/C11H17F2N3O5/c1-10(19,7(20-2)5-21-6-17)11(12,13)16-4-3-8(14)15-9(16)18/h3-4,7,17,19H,5-6H2,1-2H3,(H2,14,15,18)/t7-,10?/m1/s1. The minimum absolute atomic E-state index is 0.0473. The summed E-state index contributed by atoms with van der Waals surface area (Å²) in [5.41, 5.74) is 1.10. The van der Waals surface area contributed by atoms with Crippen LogP contribution < -0.4 is 11.4 Å². The Morgan fingerprint density at radius 2 is 2.19 bits per heavy atom. The van der Waals surface area contributed by atoms with E-state index in [1.165, 1.54) is 0 Å². The molecule has 0 aliphatic heterocycles. The molecule has 1 aromatic rings. The lowest BCUT2D eigenvalue weighted by Crippen LogP contribution is -2.59. The highest BCUT2D eigenvalue weighted by molar-refractivity contribution is 5.23. The number of hydrogen-bond acceptors (Lipinski definition) is 7. The zero-order valence-electron chi connectivity index (χ0n) is 11.5. The quantitative estimate of drug-likeness (QED) is 0.559. The third kappa shape index (κ3) is 3.35. The molecule has 0 radical (unpaired) electrons. The van der Waals surface area contributed by atoms with E-state index in [4.69, 9.17) is 15.6 Å². The maximum atomic E-state index is 14.4. The van der Waals surface area contributed by atoms with Crippen molar-refractivity contribution in [3.05, 3.63) is 22.7 Å². The predicted molar refractivity (Wildman–Crippen MR) is 67.6 cm³/mol. The largest absolute Gasteiger partial charge is 0.383 e. The predicted octanol–water partition coefficient (Wildman–Crippen LogP) is -0.893. The van der Waals surface area contributed by atoms with Gasteiger partial charge in [-0.05, 0) is 13.0 Å². The van der Waals surface area contributed by atoms with Crippen LogP contribution in [0.4, 0.5) is 14.6 Å². The van der Waals surface area contributed by atoms with E-state index in [2.05, 4.69) is 9.72 Å². The van der Waals surface area contributed by atoms with E-state index in [0.29, 0.717) is 0 Å². The molecular weight excluding hydrogens is 292 g/mol. The number of nitrogens with two attached hydrogens (primary N) is 1. The average Bonchev–Trinajstić information content (AvgIpc) is 2.38. The Balaban J connectivity index is 3.21. The van der Waals surface area contributed by atoms with Gasteiger partial charge in [0.1, 0.15) is 18.7 Å². The molecule has 0 aliphatic carbocycles. The average molecular weight is 309 g/mol. The molecule has 0 saturated heterocycles. The normalized spacial score (nSPS) is 16.5. The first-order valence-electron chi connectivity index (χ1n) is 5.85. The number of aliphatic hydroxyl groups is 2. The van der Waals surface area contributed by atoms with Crippen molar-refractivity contribution in [3.63, 3.8) is 0 Å². The molecule has 0 amide bonds. The number of aliphatic hydroxyl groups excluding tert-OH is 1. The van der Waals surface area contributed by atoms with E-state index in [1.54, 1.807) is 0 Å². The first-order chi connectivity index (χ1) is 9.68. The zero-order valence-corrected chi connectivity index (χ0v) is 11.5. The molecule has 10 heteroatoms. The van der Waals surface area contributed by atoms with E-state index in [1.807, 2.05) is 0 Å². The lowest BCUT2D eigenvalue weighted by atomic mass is 9.96. The fourth-order valence-corrected chi connectivity index (χ4v) is 1.69. The molecular formula is C11H17F2N3O5. The molecule has 8 nitrogen and oxygen atoms in total. The monoisotopic (exact) mass is 309 g/mol. The highest BCUT2D eigenvalue weighted by atomic mass is 19.3. The maximum Gasteiger partial charge on any atom is 0.363 e. The van der Waals surface area contributed by atoms with Gasteiger partial charge >= 0.3 is 11.7 Å². The lowest BCUT2D eigenvalue weighted by Gasteiger charge is -2.38. The SMILES string of the molecule is CO[C@H](COCO)C(C)(O)C(F)(F)n1ccc(N)nc1=O. The lowest BCUT2D eigenvalue weighted by molar-refractivity contribution is -0.276. The summed E-state index contributed by atoms with van der Waals surface area (Å²) >= 11 is 0. The second kappa shape index (κ2) is 6.43. The van der Waals surface area contributed by atoms with Gasteiger partial charge in [0.2, 0.25) is 0 Å². The van der Waals surface area contributed by atoms with Crippen molar-refractivity contribution in [1.82, 2.24) is 9.55 Å². The Bertz CT molecular complexity index is 535. The molecule has 0 bridgehead atoms. The number of alkyl halides is 2. The van der Waals surface area contributed by atoms with Gasteiger partial charge < -0.3 is 25.4 Å². The van der Waals surface area contributed by atoms with Gasteiger partial charge in [0.05, 0.1) is 6.61 Å². The van der Waals surface area contributed by atoms with Crippen LogP contribution in [0, 0.1) is 0 Å². The Morgan fingerprint density at radius 1 is 1.57 bits per heavy atom. The second-order valence-corrected chi connectivity index (χ2v) is 4.42. The highest BCUT2D eigenvalue weighted by Crippen LogP contribution is 2.36. The molecule has 0 fully saturated rings. The summed E-state index contributed by atoms with van der Waals surface area (Å²) in [5.74, 6) is -0.224. The Morgan fingerprint density at radius 3 is 2.67 bits per heavy atom. The van der Waals surface area contributed by atoms with Crippen LogP contribution in [-0.4, -0.2) is 52.0 Å². The Kier molecular flexibility index (Phi) is 5.34. The zero-order chi connectivity index (χ0) is 16.3. The molecule has 120 valence electrons. The molecule has 1 unspecified atom stereocenters. The van der Waals surface area contributed by atoms with Crippen molar-refractivity contribution in [2.75, 3.05) is 26.2 Å². The van der Waals surface area contributed by atoms with Gasteiger partial charge in [-0.1, -0.05) is 0 Å². The van der Waals surface area contributed by atoms with Crippen molar-refractivity contribution >= 4 is 5.82 Å². The summed E-state index contributed by atoms with van der Waals surface area (Å²) in [6.45, 7) is -0.456. The van der Waals surface area contributed by atoms with Crippen LogP contribution in [0.3, 0.4) is 0 Å². The number of halogens is 2. The second-order valence-electron chi connectivity index (χ2n) is 4.42. The topological polar surface area (TPSA) is 120 Å². The fourth-order valence-electron chi connectivity index (χ4n) is 1.69. The number of nitrogen functional groups attached to an aromatic ring is 1. The molecule has 0 aromatic carbocycles. The van der Waals surface area contributed by atoms with Gasteiger partial charge in [0.25, 0.3) is 0 Å². The Hall–Kier alpha value is -1.62. The first kappa shape index (κ1) is 17.4.